The number of hydrogen-bond donors (Lipinski definition) is 2. The summed E-state index contributed by atoms with van der Waals surface area (Å²) in [5, 5.41) is 14.7. The number of hydrogen-bond acceptors (Lipinski definition) is 3. The fourth-order valence-electron chi connectivity index (χ4n) is 3.55. The van der Waals surface area contributed by atoms with Crippen LogP contribution < -0.4 is 5.32 Å². The van der Waals surface area contributed by atoms with Crippen LogP contribution in [0.1, 0.15) is 59.8 Å². The van der Waals surface area contributed by atoms with Gasteiger partial charge >= 0.3 is 0 Å². The molecular weight excluding hydrogens is 282 g/mol. The zero-order valence-corrected chi connectivity index (χ0v) is 13.5. The molecule has 1 saturated carbocycles. The van der Waals surface area contributed by atoms with Crippen molar-refractivity contribution in [2.45, 2.75) is 58.0 Å². The van der Waals surface area contributed by atoms with Crippen molar-refractivity contribution in [2.75, 3.05) is 6.54 Å². The molecule has 0 bridgehead atoms. The van der Waals surface area contributed by atoms with Crippen molar-refractivity contribution < 1.29 is 9.90 Å². The van der Waals surface area contributed by atoms with E-state index in [4.69, 9.17) is 0 Å². The predicted octanol–water partition coefficient (Wildman–Crippen LogP) is 3.15. The van der Waals surface area contributed by atoms with Gasteiger partial charge in [-0.05, 0) is 62.3 Å². The van der Waals surface area contributed by atoms with Crippen LogP contribution in [0.5, 0.6) is 0 Å². The largest absolute Gasteiger partial charge is 0.393 e. The third-order valence-corrected chi connectivity index (χ3v) is 6.07. The average Bonchev–Trinajstić information content (AvgIpc) is 2.89. The molecule has 1 amide bonds. The molecule has 2 N–H and O–H groups in total. The van der Waals surface area contributed by atoms with Crippen molar-refractivity contribution in [1.29, 1.82) is 0 Å². The first-order valence-electron chi connectivity index (χ1n) is 8.19. The van der Waals surface area contributed by atoms with Crippen LogP contribution in [-0.4, -0.2) is 23.7 Å². The Morgan fingerprint density at radius 3 is 2.86 bits per heavy atom. The maximum absolute atomic E-state index is 12.4. The Hall–Kier alpha value is -0.870. The topological polar surface area (TPSA) is 49.3 Å². The number of amides is 1. The van der Waals surface area contributed by atoms with E-state index in [0.717, 1.165) is 56.6 Å². The molecule has 1 heterocycles. The molecule has 1 unspecified atom stereocenters. The standard InChI is InChI=1S/C17H25NO2S/c1-11-2-7-14-15(10-21-16(14)8-11)17(20)18-9-12-3-5-13(19)6-4-12/h10-13,19H,2-9H2,1H3,(H,18,20). The Balaban J connectivity index is 1.56. The van der Waals surface area contributed by atoms with Gasteiger partial charge in [0.25, 0.3) is 5.91 Å². The van der Waals surface area contributed by atoms with Gasteiger partial charge in [0, 0.05) is 16.8 Å². The molecule has 0 radical (unpaired) electrons. The lowest BCUT2D eigenvalue weighted by molar-refractivity contribution is 0.0909. The minimum atomic E-state index is -0.122. The highest BCUT2D eigenvalue weighted by molar-refractivity contribution is 7.10. The van der Waals surface area contributed by atoms with Gasteiger partial charge in [0.05, 0.1) is 11.7 Å². The number of rotatable bonds is 3. The van der Waals surface area contributed by atoms with Gasteiger partial charge in [-0.25, -0.2) is 0 Å². The molecule has 21 heavy (non-hydrogen) atoms. The summed E-state index contributed by atoms with van der Waals surface area (Å²) in [5.74, 6) is 1.39. The third kappa shape index (κ3) is 3.49. The molecule has 0 aliphatic heterocycles. The number of carbonyl (C=O) groups excluding carboxylic acids is 1. The maximum atomic E-state index is 12.4. The number of carbonyl (C=O) groups is 1. The summed E-state index contributed by atoms with van der Waals surface area (Å²) in [6.45, 7) is 3.05. The zero-order valence-electron chi connectivity index (χ0n) is 12.7. The van der Waals surface area contributed by atoms with Gasteiger partial charge in [0.15, 0.2) is 0 Å². The molecule has 2 aliphatic rings. The lowest BCUT2D eigenvalue weighted by Gasteiger charge is -2.25. The van der Waals surface area contributed by atoms with Gasteiger partial charge in [-0.2, -0.15) is 0 Å². The molecule has 1 aromatic heterocycles. The van der Waals surface area contributed by atoms with Crippen molar-refractivity contribution in [2.24, 2.45) is 11.8 Å². The van der Waals surface area contributed by atoms with Gasteiger partial charge in [-0.15, -0.1) is 11.3 Å². The van der Waals surface area contributed by atoms with Crippen molar-refractivity contribution in [1.82, 2.24) is 5.32 Å². The Morgan fingerprint density at radius 2 is 2.10 bits per heavy atom. The first kappa shape index (κ1) is 15.0. The van der Waals surface area contributed by atoms with E-state index in [-0.39, 0.29) is 12.0 Å². The van der Waals surface area contributed by atoms with E-state index in [0.29, 0.717) is 5.92 Å². The van der Waals surface area contributed by atoms with E-state index in [2.05, 4.69) is 12.2 Å². The van der Waals surface area contributed by atoms with E-state index in [1.807, 2.05) is 5.38 Å². The molecule has 2 aliphatic carbocycles. The quantitative estimate of drug-likeness (QED) is 0.901. The van der Waals surface area contributed by atoms with E-state index >= 15 is 0 Å². The van der Waals surface area contributed by atoms with Crippen LogP contribution >= 0.6 is 11.3 Å². The summed E-state index contributed by atoms with van der Waals surface area (Å²) in [5.41, 5.74) is 2.22. The van der Waals surface area contributed by atoms with Crippen LogP contribution in [0, 0.1) is 11.8 Å². The van der Waals surface area contributed by atoms with Crippen LogP contribution in [0.25, 0.3) is 0 Å². The number of aliphatic hydroxyl groups is 1. The predicted molar refractivity (Wildman–Crippen MR) is 85.8 cm³/mol. The molecule has 0 spiro atoms. The summed E-state index contributed by atoms with van der Waals surface area (Å²) in [7, 11) is 0. The highest BCUT2D eigenvalue weighted by Crippen LogP contribution is 2.32. The minimum Gasteiger partial charge on any atom is -0.393 e. The van der Waals surface area contributed by atoms with Gasteiger partial charge < -0.3 is 10.4 Å². The third-order valence-electron chi connectivity index (χ3n) is 5.01. The molecule has 0 aromatic carbocycles. The summed E-state index contributed by atoms with van der Waals surface area (Å²) in [4.78, 5) is 13.8. The van der Waals surface area contributed by atoms with Crippen molar-refractivity contribution in [3.8, 4) is 0 Å². The monoisotopic (exact) mass is 307 g/mol. The molecule has 3 rings (SSSR count). The lowest BCUT2D eigenvalue weighted by atomic mass is 9.87. The molecule has 1 atom stereocenters. The van der Waals surface area contributed by atoms with E-state index < -0.39 is 0 Å². The van der Waals surface area contributed by atoms with Crippen LogP contribution in [0.3, 0.4) is 0 Å². The number of nitrogens with one attached hydrogen (secondary N) is 1. The highest BCUT2D eigenvalue weighted by Gasteiger charge is 2.24. The number of aliphatic hydroxyl groups excluding tert-OH is 1. The molecule has 1 fully saturated rings. The molecule has 1 aromatic rings. The van der Waals surface area contributed by atoms with E-state index in [1.54, 1.807) is 11.3 Å². The highest BCUT2D eigenvalue weighted by atomic mass is 32.1. The Morgan fingerprint density at radius 1 is 1.33 bits per heavy atom. The SMILES string of the molecule is CC1CCc2c(C(=O)NCC3CCC(O)CC3)csc2C1. The Labute approximate surface area is 130 Å². The summed E-state index contributed by atoms with van der Waals surface area (Å²) in [6.07, 6.45) is 7.08. The van der Waals surface area contributed by atoms with Gasteiger partial charge in [-0.3, -0.25) is 4.79 Å². The second-order valence-corrected chi connectivity index (χ2v) is 7.75. The smallest absolute Gasteiger partial charge is 0.252 e. The summed E-state index contributed by atoms with van der Waals surface area (Å²) < 4.78 is 0. The molecule has 0 saturated heterocycles. The zero-order chi connectivity index (χ0) is 14.8. The van der Waals surface area contributed by atoms with Crippen LogP contribution in [0.2, 0.25) is 0 Å². The fraction of sp³-hybridized carbons (Fsp3) is 0.706. The number of fused-ring (bicyclic) bond motifs is 1. The maximum Gasteiger partial charge on any atom is 0.252 e. The molecular formula is C17H25NO2S. The Bertz CT molecular complexity index is 503. The van der Waals surface area contributed by atoms with E-state index in [1.165, 1.54) is 16.9 Å². The molecule has 4 heteroatoms. The van der Waals surface area contributed by atoms with Crippen LogP contribution in [-0.2, 0) is 12.8 Å². The first-order valence-corrected chi connectivity index (χ1v) is 9.07. The van der Waals surface area contributed by atoms with Crippen LogP contribution in [0.4, 0.5) is 0 Å². The second-order valence-electron chi connectivity index (χ2n) is 6.78. The van der Waals surface area contributed by atoms with Gasteiger partial charge in [0.2, 0.25) is 0 Å². The molecule has 3 nitrogen and oxygen atoms in total. The van der Waals surface area contributed by atoms with Crippen molar-refractivity contribution in [3.63, 3.8) is 0 Å². The van der Waals surface area contributed by atoms with Crippen LogP contribution in [0.15, 0.2) is 5.38 Å². The van der Waals surface area contributed by atoms with Gasteiger partial charge in [-0.1, -0.05) is 6.92 Å². The first-order chi connectivity index (χ1) is 10.1. The summed E-state index contributed by atoms with van der Waals surface area (Å²) >= 11 is 1.75. The van der Waals surface area contributed by atoms with Crippen molar-refractivity contribution >= 4 is 17.2 Å². The van der Waals surface area contributed by atoms with E-state index in [9.17, 15) is 9.90 Å². The second kappa shape index (κ2) is 6.49. The summed E-state index contributed by atoms with van der Waals surface area (Å²) in [6, 6.07) is 0. The molecule has 116 valence electrons. The average molecular weight is 307 g/mol. The normalized spacial score (nSPS) is 29.0. The fourth-order valence-corrected chi connectivity index (χ4v) is 4.79. The minimum absolute atomic E-state index is 0.105. The van der Waals surface area contributed by atoms with Gasteiger partial charge in [0.1, 0.15) is 0 Å². The lowest BCUT2D eigenvalue weighted by Crippen LogP contribution is -2.32. The number of thiophene rings is 1. The van der Waals surface area contributed by atoms with Crippen molar-refractivity contribution in [3.05, 3.63) is 21.4 Å². The Kier molecular flexibility index (Phi) is 4.65.